The minimum absolute atomic E-state index is 0.0465. The summed E-state index contributed by atoms with van der Waals surface area (Å²) in [6, 6.07) is 7.23. The van der Waals surface area contributed by atoms with Crippen LogP contribution in [0.1, 0.15) is 10.7 Å². The number of rotatable bonds is 6. The van der Waals surface area contributed by atoms with Gasteiger partial charge in [0.1, 0.15) is 5.75 Å². The molecule has 0 aliphatic carbocycles. The van der Waals surface area contributed by atoms with Gasteiger partial charge in [0.2, 0.25) is 5.89 Å². The topological polar surface area (TPSA) is 89.7 Å². The molecule has 0 bridgehead atoms. The average Bonchev–Trinajstić information content (AvgIpc) is 3.13. The first-order chi connectivity index (χ1) is 11.8. The van der Waals surface area contributed by atoms with E-state index in [0.29, 0.717) is 17.9 Å². The van der Waals surface area contributed by atoms with Crippen molar-refractivity contribution in [3.63, 3.8) is 0 Å². The average molecular weight is 332 g/mol. The molecule has 1 aromatic carbocycles. The molecule has 1 N–H and O–H groups in total. The first kappa shape index (κ1) is 16.4. The molecule has 8 nitrogen and oxygen atoms in total. The van der Waals surface area contributed by atoms with Crippen LogP contribution >= 0.6 is 0 Å². The first-order valence-corrected chi connectivity index (χ1v) is 7.82. The highest BCUT2D eigenvalue weighted by molar-refractivity contribution is 5.89. The fraction of sp³-hybridized carbons (Fsp3) is 0.438. The second-order valence-electron chi connectivity index (χ2n) is 5.35. The van der Waals surface area contributed by atoms with E-state index in [0.717, 1.165) is 32.8 Å². The number of hydrogen-bond donors (Lipinski definition) is 1. The van der Waals surface area contributed by atoms with Crippen molar-refractivity contribution in [2.45, 2.75) is 0 Å². The van der Waals surface area contributed by atoms with Gasteiger partial charge in [-0.15, -0.1) is 10.2 Å². The minimum atomic E-state index is -0.370. The highest BCUT2D eigenvalue weighted by Gasteiger charge is 2.16. The fourth-order valence-electron chi connectivity index (χ4n) is 2.42. The standard InChI is InChI=1S/C16H20N4O4/c1-22-13-4-2-3-12(11-13)15-18-19-16(24-15)14(21)17-5-6-20-7-9-23-10-8-20/h2-4,11H,5-10H2,1H3,(H,17,21). The summed E-state index contributed by atoms with van der Waals surface area (Å²) in [5.41, 5.74) is 0.703. The Labute approximate surface area is 139 Å². The molecule has 24 heavy (non-hydrogen) atoms. The maximum Gasteiger partial charge on any atom is 0.308 e. The number of nitrogens with one attached hydrogen (secondary N) is 1. The van der Waals surface area contributed by atoms with Crippen LogP contribution in [-0.4, -0.2) is 67.5 Å². The highest BCUT2D eigenvalue weighted by atomic mass is 16.5. The Morgan fingerprint density at radius 3 is 2.96 bits per heavy atom. The van der Waals surface area contributed by atoms with Gasteiger partial charge < -0.3 is 19.2 Å². The Bertz CT molecular complexity index is 682. The second kappa shape index (κ2) is 7.89. The van der Waals surface area contributed by atoms with E-state index in [9.17, 15) is 4.79 Å². The first-order valence-electron chi connectivity index (χ1n) is 7.82. The van der Waals surface area contributed by atoms with Gasteiger partial charge in [0.05, 0.1) is 20.3 Å². The summed E-state index contributed by atoms with van der Waals surface area (Å²) >= 11 is 0. The molecule has 2 heterocycles. The summed E-state index contributed by atoms with van der Waals surface area (Å²) in [6.45, 7) is 4.54. The van der Waals surface area contributed by atoms with Crippen molar-refractivity contribution in [3.8, 4) is 17.2 Å². The molecule has 8 heteroatoms. The number of ether oxygens (including phenoxy) is 2. The third kappa shape index (κ3) is 4.09. The highest BCUT2D eigenvalue weighted by Crippen LogP contribution is 2.22. The van der Waals surface area contributed by atoms with Gasteiger partial charge >= 0.3 is 11.8 Å². The predicted octanol–water partition coefficient (Wildman–Crippen LogP) is 0.807. The van der Waals surface area contributed by atoms with Crippen LogP contribution in [0.4, 0.5) is 0 Å². The molecule has 128 valence electrons. The lowest BCUT2D eigenvalue weighted by Gasteiger charge is -2.26. The van der Waals surface area contributed by atoms with E-state index in [1.807, 2.05) is 18.2 Å². The summed E-state index contributed by atoms with van der Waals surface area (Å²) in [5.74, 6) is 0.550. The van der Waals surface area contributed by atoms with Crippen molar-refractivity contribution in [2.24, 2.45) is 0 Å². The zero-order valence-electron chi connectivity index (χ0n) is 13.5. The molecule has 2 aromatic rings. The SMILES string of the molecule is COc1cccc(-c2nnc(C(=O)NCCN3CCOCC3)o2)c1. The zero-order valence-corrected chi connectivity index (χ0v) is 13.5. The van der Waals surface area contributed by atoms with E-state index >= 15 is 0 Å². The van der Waals surface area contributed by atoms with Crippen LogP contribution in [-0.2, 0) is 4.74 Å². The number of aromatic nitrogens is 2. The molecular weight excluding hydrogens is 312 g/mol. The van der Waals surface area contributed by atoms with Gasteiger partial charge in [-0.3, -0.25) is 9.69 Å². The molecule has 1 aliphatic rings. The molecular formula is C16H20N4O4. The smallest absolute Gasteiger partial charge is 0.308 e. The number of amides is 1. The van der Waals surface area contributed by atoms with Crippen LogP contribution in [0.2, 0.25) is 0 Å². The Morgan fingerprint density at radius 1 is 1.33 bits per heavy atom. The van der Waals surface area contributed by atoms with E-state index in [2.05, 4.69) is 20.4 Å². The Hall–Kier alpha value is -2.45. The normalized spacial score (nSPS) is 15.2. The molecule has 0 atom stereocenters. The number of morpholine rings is 1. The minimum Gasteiger partial charge on any atom is -0.497 e. The second-order valence-corrected chi connectivity index (χ2v) is 5.35. The van der Waals surface area contributed by atoms with Gasteiger partial charge in [0, 0.05) is 31.7 Å². The van der Waals surface area contributed by atoms with Crippen LogP contribution in [0, 0.1) is 0 Å². The number of carbonyl (C=O) groups is 1. The van der Waals surface area contributed by atoms with Gasteiger partial charge in [-0.1, -0.05) is 6.07 Å². The van der Waals surface area contributed by atoms with E-state index in [4.69, 9.17) is 13.9 Å². The molecule has 0 saturated carbocycles. The van der Waals surface area contributed by atoms with E-state index in [1.54, 1.807) is 13.2 Å². The maximum atomic E-state index is 12.1. The summed E-state index contributed by atoms with van der Waals surface area (Å²) < 4.78 is 15.9. The Morgan fingerprint density at radius 2 is 2.17 bits per heavy atom. The lowest BCUT2D eigenvalue weighted by atomic mass is 10.2. The van der Waals surface area contributed by atoms with Crippen LogP contribution in [0.15, 0.2) is 28.7 Å². The van der Waals surface area contributed by atoms with Crippen molar-refractivity contribution in [3.05, 3.63) is 30.2 Å². The van der Waals surface area contributed by atoms with Crippen molar-refractivity contribution < 1.29 is 18.7 Å². The lowest BCUT2D eigenvalue weighted by molar-refractivity contribution is 0.0382. The van der Waals surface area contributed by atoms with Gasteiger partial charge in [-0.25, -0.2) is 0 Å². The molecule has 1 aliphatic heterocycles. The number of nitrogens with zero attached hydrogens (tertiary/aromatic N) is 3. The predicted molar refractivity (Wildman–Crippen MR) is 85.9 cm³/mol. The van der Waals surface area contributed by atoms with Crippen LogP contribution in [0.5, 0.6) is 5.75 Å². The van der Waals surface area contributed by atoms with E-state index in [1.165, 1.54) is 0 Å². The molecule has 3 rings (SSSR count). The van der Waals surface area contributed by atoms with Crippen molar-refractivity contribution in [1.82, 2.24) is 20.4 Å². The summed E-state index contributed by atoms with van der Waals surface area (Å²) in [7, 11) is 1.58. The van der Waals surface area contributed by atoms with Gasteiger partial charge in [-0.05, 0) is 18.2 Å². The molecule has 0 spiro atoms. The number of carbonyl (C=O) groups excluding carboxylic acids is 1. The van der Waals surface area contributed by atoms with Crippen LogP contribution < -0.4 is 10.1 Å². The third-order valence-corrected chi connectivity index (χ3v) is 3.75. The van der Waals surface area contributed by atoms with Crippen LogP contribution in [0.3, 0.4) is 0 Å². The fourth-order valence-corrected chi connectivity index (χ4v) is 2.42. The maximum absolute atomic E-state index is 12.1. The number of hydrogen-bond acceptors (Lipinski definition) is 7. The summed E-state index contributed by atoms with van der Waals surface area (Å²) in [6.07, 6.45) is 0. The largest absolute Gasteiger partial charge is 0.497 e. The molecule has 1 amide bonds. The zero-order chi connectivity index (χ0) is 16.8. The van der Waals surface area contributed by atoms with E-state index < -0.39 is 0 Å². The van der Waals surface area contributed by atoms with E-state index in [-0.39, 0.29) is 17.7 Å². The molecule has 1 aromatic heterocycles. The summed E-state index contributed by atoms with van der Waals surface area (Å²) in [4.78, 5) is 14.3. The molecule has 0 unspecified atom stereocenters. The third-order valence-electron chi connectivity index (χ3n) is 3.75. The van der Waals surface area contributed by atoms with Crippen molar-refractivity contribution in [1.29, 1.82) is 0 Å². The molecule has 1 saturated heterocycles. The quantitative estimate of drug-likeness (QED) is 0.837. The Kier molecular flexibility index (Phi) is 5.39. The monoisotopic (exact) mass is 332 g/mol. The molecule has 1 fully saturated rings. The van der Waals surface area contributed by atoms with Gasteiger partial charge in [0.15, 0.2) is 0 Å². The van der Waals surface area contributed by atoms with Crippen molar-refractivity contribution in [2.75, 3.05) is 46.5 Å². The van der Waals surface area contributed by atoms with Crippen LogP contribution in [0.25, 0.3) is 11.5 Å². The summed E-state index contributed by atoms with van der Waals surface area (Å²) in [5, 5.41) is 10.5. The lowest BCUT2D eigenvalue weighted by Crippen LogP contribution is -2.41. The number of benzene rings is 1. The Balaban J connectivity index is 1.55. The molecule has 0 radical (unpaired) electrons. The van der Waals surface area contributed by atoms with Gasteiger partial charge in [0.25, 0.3) is 0 Å². The van der Waals surface area contributed by atoms with Gasteiger partial charge in [-0.2, -0.15) is 0 Å². The number of methoxy groups -OCH3 is 1. The van der Waals surface area contributed by atoms with Crippen molar-refractivity contribution >= 4 is 5.91 Å².